The van der Waals surface area contributed by atoms with Gasteiger partial charge in [0, 0.05) is 36.9 Å². The molecule has 1 fully saturated rings. The second-order valence-electron chi connectivity index (χ2n) is 4.22. The molecule has 0 spiro atoms. The summed E-state index contributed by atoms with van der Waals surface area (Å²) in [5.41, 5.74) is 16.8. The summed E-state index contributed by atoms with van der Waals surface area (Å²) in [6.07, 6.45) is 0. The van der Waals surface area contributed by atoms with Gasteiger partial charge < -0.3 is 16.0 Å². The Labute approximate surface area is 116 Å². The lowest BCUT2D eigenvalue weighted by molar-refractivity contribution is 0.589. The molecule has 0 bridgehead atoms. The lowest BCUT2D eigenvalue weighted by Crippen LogP contribution is -2.44. The number of hydrogen-bond donors (Lipinski definition) is 5. The highest BCUT2D eigenvalue weighted by molar-refractivity contribution is 6.31. The maximum Gasteiger partial charge on any atom is 0.151 e. The number of nitrogens with one attached hydrogen (secondary N) is 4. The zero-order valence-electron chi connectivity index (χ0n) is 10.3. The van der Waals surface area contributed by atoms with E-state index in [-0.39, 0.29) is 5.84 Å². The predicted molar refractivity (Wildman–Crippen MR) is 76.1 cm³/mol. The largest absolute Gasteiger partial charge is 0.398 e. The van der Waals surface area contributed by atoms with Gasteiger partial charge in [0.15, 0.2) is 5.84 Å². The van der Waals surface area contributed by atoms with E-state index in [1.165, 1.54) is 0 Å². The van der Waals surface area contributed by atoms with Crippen LogP contribution in [0.1, 0.15) is 5.56 Å². The molecule has 0 radical (unpaired) electrons. The van der Waals surface area contributed by atoms with Gasteiger partial charge in [0.2, 0.25) is 0 Å². The van der Waals surface area contributed by atoms with E-state index in [0.717, 1.165) is 31.9 Å². The quantitative estimate of drug-likeness (QED) is 0.188. The fraction of sp³-hybridized carbons (Fsp3) is 0.364. The van der Waals surface area contributed by atoms with Crippen molar-refractivity contribution in [1.82, 2.24) is 10.7 Å². The van der Waals surface area contributed by atoms with Crippen molar-refractivity contribution in [3.63, 3.8) is 0 Å². The molecule has 0 unspecified atom stereocenters. The van der Waals surface area contributed by atoms with E-state index in [4.69, 9.17) is 28.3 Å². The van der Waals surface area contributed by atoms with Crippen molar-refractivity contribution in [3.8, 4) is 0 Å². The van der Waals surface area contributed by atoms with Crippen LogP contribution in [-0.2, 0) is 0 Å². The predicted octanol–water partition coefficient (Wildman–Crippen LogP) is 1.19. The molecule has 8 heteroatoms. The van der Waals surface area contributed by atoms with E-state index >= 15 is 0 Å². The standard InChI is InChI=1S/C11H16ClN7/c12-7-5-8(13)10(11(14)17-18-15)9(6-7)19-3-1-16-2-4-19/h5-6,16H,1-4,13H2,(H3,14,15,17). The van der Waals surface area contributed by atoms with Crippen molar-refractivity contribution in [3.05, 3.63) is 22.7 Å². The molecule has 0 atom stereocenters. The Morgan fingerprint density at radius 3 is 2.74 bits per heavy atom. The third kappa shape index (κ3) is 2.94. The van der Waals surface area contributed by atoms with Gasteiger partial charge >= 0.3 is 0 Å². The fourth-order valence-corrected chi connectivity index (χ4v) is 2.37. The molecule has 1 heterocycles. The number of nitrogen functional groups attached to an aromatic ring is 1. The number of benzene rings is 1. The monoisotopic (exact) mass is 281 g/mol. The van der Waals surface area contributed by atoms with Gasteiger partial charge in [-0.25, -0.2) is 5.43 Å². The van der Waals surface area contributed by atoms with Crippen LogP contribution in [0.4, 0.5) is 11.4 Å². The average molecular weight is 282 g/mol. The Bertz CT molecular complexity index is 496. The van der Waals surface area contributed by atoms with Crippen molar-refractivity contribution < 1.29 is 0 Å². The maximum atomic E-state index is 7.91. The van der Waals surface area contributed by atoms with Gasteiger partial charge in [-0.2, -0.15) is 5.53 Å². The summed E-state index contributed by atoms with van der Waals surface area (Å²) in [5, 5.41) is 14.7. The van der Waals surface area contributed by atoms with Crippen molar-refractivity contribution in [2.45, 2.75) is 0 Å². The maximum absolute atomic E-state index is 7.91. The highest BCUT2D eigenvalue weighted by atomic mass is 35.5. The summed E-state index contributed by atoms with van der Waals surface area (Å²) in [6.45, 7) is 3.38. The number of nitrogens with zero attached hydrogens (tertiary/aromatic N) is 2. The summed E-state index contributed by atoms with van der Waals surface area (Å²) in [5.74, 6) is -0.00213. The Balaban J connectivity index is 2.44. The van der Waals surface area contributed by atoms with E-state index in [9.17, 15) is 0 Å². The zero-order chi connectivity index (χ0) is 13.8. The van der Waals surface area contributed by atoms with Crippen LogP contribution >= 0.6 is 11.6 Å². The Morgan fingerprint density at radius 1 is 1.42 bits per heavy atom. The number of hydrogen-bond acceptors (Lipinski definition) is 6. The van der Waals surface area contributed by atoms with Crippen LogP contribution in [0, 0.1) is 10.9 Å². The minimum atomic E-state index is -0.00213. The van der Waals surface area contributed by atoms with Gasteiger partial charge in [-0.1, -0.05) is 16.8 Å². The topological polar surface area (TPSA) is 113 Å². The SMILES string of the molecule is N=NNC(=N)c1c(N)cc(Cl)cc1N1CCNCC1. The number of anilines is 2. The van der Waals surface area contributed by atoms with E-state index < -0.39 is 0 Å². The van der Waals surface area contributed by atoms with Crippen LogP contribution in [-0.4, -0.2) is 32.0 Å². The van der Waals surface area contributed by atoms with Crippen LogP contribution < -0.4 is 21.4 Å². The van der Waals surface area contributed by atoms with Gasteiger partial charge in [0.1, 0.15) is 0 Å². The zero-order valence-corrected chi connectivity index (χ0v) is 11.1. The van der Waals surface area contributed by atoms with E-state index in [1.54, 1.807) is 12.1 Å². The van der Waals surface area contributed by atoms with Crippen LogP contribution in [0.2, 0.25) is 5.02 Å². The Morgan fingerprint density at radius 2 is 2.11 bits per heavy atom. The number of halogens is 1. The number of rotatable bonds is 3. The Kier molecular flexibility index (Phi) is 4.18. The van der Waals surface area contributed by atoms with Gasteiger partial charge in [-0.3, -0.25) is 5.41 Å². The molecule has 0 amide bonds. The highest BCUT2D eigenvalue weighted by Crippen LogP contribution is 2.30. The molecular formula is C11H16ClN7. The molecule has 0 saturated carbocycles. The molecule has 6 N–H and O–H groups in total. The number of piperazine rings is 1. The first-order valence-corrected chi connectivity index (χ1v) is 6.27. The minimum Gasteiger partial charge on any atom is -0.398 e. The molecule has 2 rings (SSSR count). The summed E-state index contributed by atoms with van der Waals surface area (Å²) >= 11 is 6.05. The molecule has 1 aliphatic rings. The first kappa shape index (κ1) is 13.6. The molecule has 7 nitrogen and oxygen atoms in total. The molecule has 102 valence electrons. The summed E-state index contributed by atoms with van der Waals surface area (Å²) in [4.78, 5) is 2.12. The molecule has 0 aliphatic carbocycles. The van der Waals surface area contributed by atoms with E-state index in [1.807, 2.05) is 0 Å². The first-order chi connectivity index (χ1) is 9.13. The van der Waals surface area contributed by atoms with Crippen LogP contribution in [0.25, 0.3) is 0 Å². The molecular weight excluding hydrogens is 266 g/mol. The fourth-order valence-electron chi connectivity index (χ4n) is 2.15. The lowest BCUT2D eigenvalue weighted by Gasteiger charge is -2.31. The molecule has 19 heavy (non-hydrogen) atoms. The van der Waals surface area contributed by atoms with Crippen LogP contribution in [0.3, 0.4) is 0 Å². The molecule has 0 aromatic heterocycles. The van der Waals surface area contributed by atoms with Crippen molar-refractivity contribution in [2.75, 3.05) is 36.8 Å². The second kappa shape index (κ2) is 5.85. The first-order valence-electron chi connectivity index (χ1n) is 5.89. The second-order valence-corrected chi connectivity index (χ2v) is 4.66. The van der Waals surface area contributed by atoms with Gasteiger partial charge in [-0.05, 0) is 12.1 Å². The third-order valence-corrected chi connectivity index (χ3v) is 3.21. The summed E-state index contributed by atoms with van der Waals surface area (Å²) in [7, 11) is 0. The van der Waals surface area contributed by atoms with Crippen molar-refractivity contribution in [1.29, 1.82) is 10.9 Å². The van der Waals surface area contributed by atoms with E-state index in [2.05, 4.69) is 20.9 Å². The highest BCUT2D eigenvalue weighted by Gasteiger charge is 2.19. The van der Waals surface area contributed by atoms with Crippen molar-refractivity contribution >= 4 is 28.8 Å². The lowest BCUT2D eigenvalue weighted by atomic mass is 10.1. The third-order valence-electron chi connectivity index (χ3n) is 2.99. The number of nitrogens with two attached hydrogens (primary N) is 1. The van der Waals surface area contributed by atoms with E-state index in [0.29, 0.717) is 16.3 Å². The van der Waals surface area contributed by atoms with Crippen LogP contribution in [0.15, 0.2) is 17.4 Å². The van der Waals surface area contributed by atoms with Gasteiger partial charge in [0.05, 0.1) is 11.3 Å². The van der Waals surface area contributed by atoms with Gasteiger partial charge in [0.25, 0.3) is 0 Å². The minimum absolute atomic E-state index is 0.00213. The average Bonchev–Trinajstić information content (AvgIpc) is 2.39. The number of amidine groups is 1. The molecule has 1 aliphatic heterocycles. The van der Waals surface area contributed by atoms with Gasteiger partial charge in [-0.15, -0.1) is 0 Å². The van der Waals surface area contributed by atoms with Crippen molar-refractivity contribution in [2.24, 2.45) is 5.22 Å². The smallest absolute Gasteiger partial charge is 0.151 e. The normalized spacial score (nSPS) is 15.1. The van der Waals surface area contributed by atoms with Crippen LogP contribution in [0.5, 0.6) is 0 Å². The molecule has 1 saturated heterocycles. The molecule has 1 aromatic carbocycles. The summed E-state index contributed by atoms with van der Waals surface area (Å²) < 4.78 is 0. The Hall–Kier alpha value is -1.86. The molecule has 1 aromatic rings. The summed E-state index contributed by atoms with van der Waals surface area (Å²) in [6, 6.07) is 3.39.